The van der Waals surface area contributed by atoms with E-state index in [1.807, 2.05) is 30.3 Å². The van der Waals surface area contributed by atoms with E-state index in [2.05, 4.69) is 20.9 Å². The summed E-state index contributed by atoms with van der Waals surface area (Å²) < 4.78 is 24.9. The van der Waals surface area contributed by atoms with Gasteiger partial charge in [0.05, 0.1) is 28.3 Å². The molecule has 2 aromatic carbocycles. The minimum absolute atomic E-state index is 0.0410. The highest BCUT2D eigenvalue weighted by Crippen LogP contribution is 2.26. The fourth-order valence-corrected chi connectivity index (χ4v) is 5.37. The fraction of sp³-hybridized carbons (Fsp3) is 0.190. The fourth-order valence-electron chi connectivity index (χ4n) is 3.47. The van der Waals surface area contributed by atoms with Crippen LogP contribution in [0.15, 0.2) is 65.9 Å². The van der Waals surface area contributed by atoms with Crippen LogP contribution in [-0.4, -0.2) is 52.0 Å². The van der Waals surface area contributed by atoms with Crippen LogP contribution in [0.4, 0.5) is 5.69 Å². The zero-order valence-electron chi connectivity index (χ0n) is 17.3. The van der Waals surface area contributed by atoms with E-state index in [4.69, 9.17) is 12.2 Å². The van der Waals surface area contributed by atoms with Gasteiger partial charge in [0.25, 0.3) is 5.69 Å². The number of sulfone groups is 1. The van der Waals surface area contributed by atoms with Crippen molar-refractivity contribution < 1.29 is 13.3 Å². The molecule has 4 rings (SSSR count). The minimum atomic E-state index is -3.02. The summed E-state index contributed by atoms with van der Waals surface area (Å²) in [6.07, 6.45) is 3.77. The monoisotopic (exact) mass is 484 g/mol. The van der Waals surface area contributed by atoms with Crippen LogP contribution in [-0.2, 0) is 9.84 Å². The van der Waals surface area contributed by atoms with Gasteiger partial charge in [-0.15, -0.1) is 0 Å². The lowest BCUT2D eigenvalue weighted by Crippen LogP contribution is -2.40. The largest absolute Gasteiger partial charge is 0.358 e. The number of rotatable bonds is 6. The van der Waals surface area contributed by atoms with Crippen molar-refractivity contribution in [3.63, 3.8) is 0 Å². The molecule has 2 heterocycles. The van der Waals surface area contributed by atoms with Crippen molar-refractivity contribution in [2.75, 3.05) is 11.5 Å². The van der Waals surface area contributed by atoms with Gasteiger partial charge in [0.1, 0.15) is 5.69 Å². The normalized spacial score (nSPS) is 17.2. The average molecular weight is 485 g/mol. The third-order valence-corrected chi connectivity index (χ3v) is 7.01. The summed E-state index contributed by atoms with van der Waals surface area (Å²) >= 11 is 5.21. The Morgan fingerprint density at radius 3 is 2.73 bits per heavy atom. The summed E-state index contributed by atoms with van der Waals surface area (Å²) in [7, 11) is -3.02. The second-order valence-corrected chi connectivity index (χ2v) is 10.1. The van der Waals surface area contributed by atoms with E-state index in [1.165, 1.54) is 18.3 Å². The molecule has 1 aliphatic heterocycles. The van der Waals surface area contributed by atoms with Gasteiger partial charge in [-0.25, -0.2) is 13.1 Å². The summed E-state index contributed by atoms with van der Waals surface area (Å²) in [5.74, 6) is 0.182. The van der Waals surface area contributed by atoms with Gasteiger partial charge in [-0.3, -0.25) is 15.5 Å². The predicted molar refractivity (Wildman–Crippen MR) is 129 cm³/mol. The van der Waals surface area contributed by atoms with Crippen LogP contribution >= 0.6 is 12.2 Å². The number of aromatic nitrogens is 2. The SMILES string of the molecule is O=[N+]([O-])c1cccc(-c2nn(-c3ccccc3)cc2/C=N\NC(=S)N[C@@H]2CCS(=O)(=O)C2)c1. The molecule has 0 radical (unpaired) electrons. The molecule has 0 bridgehead atoms. The van der Waals surface area contributed by atoms with E-state index < -0.39 is 14.8 Å². The molecule has 0 aliphatic carbocycles. The summed E-state index contributed by atoms with van der Waals surface area (Å²) in [5, 5.41) is 23.1. The second kappa shape index (κ2) is 9.46. The first-order valence-corrected chi connectivity index (χ1v) is 12.2. The van der Waals surface area contributed by atoms with Gasteiger partial charge in [0.15, 0.2) is 14.9 Å². The molecule has 2 N–H and O–H groups in total. The molecule has 1 saturated heterocycles. The van der Waals surface area contributed by atoms with Crippen molar-refractivity contribution in [3.05, 3.63) is 76.5 Å². The van der Waals surface area contributed by atoms with Gasteiger partial charge < -0.3 is 5.32 Å². The maximum Gasteiger partial charge on any atom is 0.270 e. The first kappa shape index (κ1) is 22.6. The van der Waals surface area contributed by atoms with Crippen LogP contribution < -0.4 is 10.7 Å². The van der Waals surface area contributed by atoms with E-state index in [9.17, 15) is 18.5 Å². The molecule has 1 fully saturated rings. The van der Waals surface area contributed by atoms with Crippen molar-refractivity contribution in [3.8, 4) is 16.9 Å². The number of hydrazone groups is 1. The molecule has 0 amide bonds. The van der Waals surface area contributed by atoms with Crippen molar-refractivity contribution in [2.24, 2.45) is 5.10 Å². The Morgan fingerprint density at radius 2 is 2.03 bits per heavy atom. The number of thiocarbonyl (C=S) groups is 1. The van der Waals surface area contributed by atoms with Gasteiger partial charge >= 0.3 is 0 Å². The maximum atomic E-state index is 11.6. The first-order chi connectivity index (χ1) is 15.8. The number of benzene rings is 2. The molecule has 170 valence electrons. The third kappa shape index (κ3) is 5.59. The topological polar surface area (TPSA) is 132 Å². The lowest BCUT2D eigenvalue weighted by Gasteiger charge is -2.11. The molecule has 0 saturated carbocycles. The van der Waals surface area contributed by atoms with Crippen LogP contribution in [0.5, 0.6) is 0 Å². The highest BCUT2D eigenvalue weighted by atomic mass is 32.2. The van der Waals surface area contributed by atoms with Crippen LogP contribution in [0.1, 0.15) is 12.0 Å². The number of para-hydroxylation sites is 1. The Hall–Kier alpha value is -3.64. The van der Waals surface area contributed by atoms with Crippen LogP contribution in [0, 0.1) is 10.1 Å². The lowest BCUT2D eigenvalue weighted by atomic mass is 10.1. The van der Waals surface area contributed by atoms with Crippen LogP contribution in [0.3, 0.4) is 0 Å². The van der Waals surface area contributed by atoms with E-state index >= 15 is 0 Å². The Bertz CT molecular complexity index is 1320. The van der Waals surface area contributed by atoms with Crippen molar-refractivity contribution >= 4 is 39.1 Å². The zero-order chi connectivity index (χ0) is 23.4. The maximum absolute atomic E-state index is 11.6. The number of hydrogen-bond acceptors (Lipinski definition) is 7. The van der Waals surface area contributed by atoms with Gasteiger partial charge in [-0.05, 0) is 30.8 Å². The van der Waals surface area contributed by atoms with Crippen molar-refractivity contribution in [1.29, 1.82) is 0 Å². The summed E-state index contributed by atoms with van der Waals surface area (Å²) in [6.45, 7) is 0. The average Bonchev–Trinajstić information content (AvgIpc) is 3.37. The highest BCUT2D eigenvalue weighted by Gasteiger charge is 2.28. The highest BCUT2D eigenvalue weighted by molar-refractivity contribution is 7.91. The van der Waals surface area contributed by atoms with Gasteiger partial charge in [-0.2, -0.15) is 10.2 Å². The lowest BCUT2D eigenvalue weighted by molar-refractivity contribution is -0.384. The Morgan fingerprint density at radius 1 is 1.24 bits per heavy atom. The van der Waals surface area contributed by atoms with Crippen molar-refractivity contribution in [1.82, 2.24) is 20.5 Å². The quantitative estimate of drug-likeness (QED) is 0.236. The van der Waals surface area contributed by atoms with Gasteiger partial charge in [-0.1, -0.05) is 30.3 Å². The van der Waals surface area contributed by atoms with E-state index in [0.717, 1.165) is 5.69 Å². The molecule has 3 aromatic rings. The Kier molecular flexibility index (Phi) is 6.47. The molecule has 1 aromatic heterocycles. The van der Waals surface area contributed by atoms with Gasteiger partial charge in [0.2, 0.25) is 0 Å². The Labute approximate surface area is 195 Å². The number of nitrogens with zero attached hydrogens (tertiary/aromatic N) is 4. The van der Waals surface area contributed by atoms with Crippen molar-refractivity contribution in [2.45, 2.75) is 12.5 Å². The summed E-state index contributed by atoms with van der Waals surface area (Å²) in [6, 6.07) is 15.4. The minimum Gasteiger partial charge on any atom is -0.358 e. The predicted octanol–water partition coefficient (Wildman–Crippen LogP) is 2.43. The summed E-state index contributed by atoms with van der Waals surface area (Å²) in [5.41, 5.74) is 5.15. The molecule has 0 spiro atoms. The number of non-ortho nitro benzene ring substituents is 1. The van der Waals surface area contributed by atoms with E-state index in [-0.39, 0.29) is 28.3 Å². The van der Waals surface area contributed by atoms with Gasteiger partial charge in [0, 0.05) is 35.5 Å². The summed E-state index contributed by atoms with van der Waals surface area (Å²) in [4.78, 5) is 10.8. The molecule has 1 aliphatic rings. The standard InChI is InChI=1S/C21H20N6O4S2/c28-27(29)19-8-4-5-15(11-19)20-16(13-26(25-20)18-6-2-1-3-7-18)12-22-24-21(32)23-17-9-10-33(30,31)14-17/h1-8,11-13,17H,9-10,14H2,(H2,23,24,32)/b22-12-/t17-/m1/s1. The smallest absolute Gasteiger partial charge is 0.270 e. The first-order valence-electron chi connectivity index (χ1n) is 10.0. The molecule has 0 unspecified atom stereocenters. The molecule has 12 heteroatoms. The number of nitro benzene ring substituents is 1. The molecular formula is C21H20N6O4S2. The zero-order valence-corrected chi connectivity index (χ0v) is 18.9. The Balaban J connectivity index is 1.57. The molecular weight excluding hydrogens is 464 g/mol. The molecule has 1 atom stereocenters. The van der Waals surface area contributed by atoms with Crippen LogP contribution in [0.25, 0.3) is 16.9 Å². The van der Waals surface area contributed by atoms with Crippen LogP contribution in [0.2, 0.25) is 0 Å². The second-order valence-electron chi connectivity index (χ2n) is 7.46. The number of nitro groups is 1. The van der Waals surface area contributed by atoms with E-state index in [0.29, 0.717) is 23.2 Å². The number of hydrogen-bond donors (Lipinski definition) is 2. The molecule has 10 nitrogen and oxygen atoms in total. The van der Waals surface area contributed by atoms with E-state index in [1.54, 1.807) is 23.0 Å². The third-order valence-electron chi connectivity index (χ3n) is 5.03. The molecule has 33 heavy (non-hydrogen) atoms. The number of nitrogens with one attached hydrogen (secondary N) is 2.